The number of azo groups is 1. The molecule has 1 aliphatic carbocycles. The van der Waals surface area contributed by atoms with E-state index >= 15 is 0 Å². The van der Waals surface area contributed by atoms with Gasteiger partial charge in [0.1, 0.15) is 10.9 Å². The van der Waals surface area contributed by atoms with Crippen LogP contribution in [0.3, 0.4) is 0 Å². The summed E-state index contributed by atoms with van der Waals surface area (Å²) in [6, 6.07) is 6.35. The molecule has 10 nitrogen and oxygen atoms in total. The Morgan fingerprint density at radius 3 is 2.38 bits per heavy atom. The highest BCUT2D eigenvalue weighted by Crippen LogP contribution is 2.37. The maximum atomic E-state index is 11.5. The summed E-state index contributed by atoms with van der Waals surface area (Å²) in [6.07, 6.45) is -0.636. The number of halogens is 2. The highest BCUT2D eigenvalue weighted by molar-refractivity contribution is 7.86. The van der Waals surface area contributed by atoms with Crippen LogP contribution in [0, 0.1) is 5.92 Å². The van der Waals surface area contributed by atoms with Gasteiger partial charge in [0.05, 0.1) is 33.4 Å². The normalized spacial score (nSPS) is 24.2. The van der Waals surface area contributed by atoms with Crippen LogP contribution < -0.4 is 5.32 Å². The van der Waals surface area contributed by atoms with E-state index in [9.17, 15) is 26.5 Å². The van der Waals surface area contributed by atoms with E-state index in [1.807, 2.05) is 6.92 Å². The summed E-state index contributed by atoms with van der Waals surface area (Å²) >= 11 is 12.0. The molecule has 2 aromatic carbocycles. The van der Waals surface area contributed by atoms with Crippen LogP contribution in [0.15, 0.2) is 56.4 Å². The van der Waals surface area contributed by atoms with Crippen molar-refractivity contribution in [2.45, 2.75) is 41.3 Å². The van der Waals surface area contributed by atoms with Gasteiger partial charge in [-0.3, -0.25) is 9.11 Å². The van der Waals surface area contributed by atoms with E-state index < -0.39 is 43.3 Å². The fourth-order valence-electron chi connectivity index (χ4n) is 3.48. The molecule has 0 spiro atoms. The molecule has 1 aliphatic rings. The SMILES string of the molecule is CC1CC(Nc2cc(Cl)cc(S(=O)(=O)O)c2Cl)C(O)C1N=Nc1cccc(S(=O)(=O)O)c1. The smallest absolute Gasteiger partial charge is 0.296 e. The zero-order valence-electron chi connectivity index (χ0n) is 16.4. The topological polar surface area (TPSA) is 166 Å². The van der Waals surface area contributed by atoms with E-state index in [1.165, 1.54) is 24.3 Å². The molecule has 32 heavy (non-hydrogen) atoms. The molecule has 0 aliphatic heterocycles. The number of aliphatic hydroxyl groups is 1. The van der Waals surface area contributed by atoms with Gasteiger partial charge in [0.25, 0.3) is 20.2 Å². The van der Waals surface area contributed by atoms with Crippen molar-refractivity contribution in [3.63, 3.8) is 0 Å². The number of benzene rings is 2. The summed E-state index contributed by atoms with van der Waals surface area (Å²) in [6.45, 7) is 1.83. The third-order valence-electron chi connectivity index (χ3n) is 5.02. The van der Waals surface area contributed by atoms with Crippen molar-refractivity contribution in [1.82, 2.24) is 0 Å². The molecule has 1 saturated carbocycles. The first-order valence-corrected chi connectivity index (χ1v) is 12.8. The van der Waals surface area contributed by atoms with Crippen molar-refractivity contribution >= 4 is 54.8 Å². The minimum Gasteiger partial charge on any atom is -0.389 e. The third-order valence-corrected chi connectivity index (χ3v) is 7.48. The van der Waals surface area contributed by atoms with Gasteiger partial charge in [0.2, 0.25) is 0 Å². The van der Waals surface area contributed by atoms with Crippen molar-refractivity contribution in [3.05, 3.63) is 46.4 Å². The van der Waals surface area contributed by atoms with Gasteiger partial charge in [-0.05, 0) is 42.7 Å². The second kappa shape index (κ2) is 9.21. The van der Waals surface area contributed by atoms with Gasteiger partial charge in [-0.15, -0.1) is 0 Å². The maximum Gasteiger partial charge on any atom is 0.296 e. The highest BCUT2D eigenvalue weighted by atomic mass is 35.5. The molecule has 0 aromatic heterocycles. The molecular formula is C18H19Cl2N3O7S2. The van der Waals surface area contributed by atoms with Crippen LogP contribution in [-0.4, -0.2) is 49.2 Å². The second-order valence-corrected chi connectivity index (χ2v) is 11.0. The molecule has 0 saturated heterocycles. The van der Waals surface area contributed by atoms with Crippen LogP contribution in [0.4, 0.5) is 11.4 Å². The zero-order valence-corrected chi connectivity index (χ0v) is 19.6. The molecule has 0 amide bonds. The van der Waals surface area contributed by atoms with Gasteiger partial charge in [-0.1, -0.05) is 36.2 Å². The number of nitrogens with zero attached hydrogens (tertiary/aromatic N) is 2. The van der Waals surface area contributed by atoms with Gasteiger partial charge in [-0.25, -0.2) is 0 Å². The van der Waals surface area contributed by atoms with E-state index in [2.05, 4.69) is 15.5 Å². The lowest BCUT2D eigenvalue weighted by molar-refractivity contribution is 0.147. The van der Waals surface area contributed by atoms with Crippen LogP contribution in [0.1, 0.15) is 13.3 Å². The lowest BCUT2D eigenvalue weighted by Gasteiger charge is -2.21. The summed E-state index contributed by atoms with van der Waals surface area (Å²) in [5.41, 5.74) is 0.285. The Morgan fingerprint density at radius 2 is 1.75 bits per heavy atom. The van der Waals surface area contributed by atoms with Crippen LogP contribution in [0.5, 0.6) is 0 Å². The number of aliphatic hydroxyl groups excluding tert-OH is 1. The first-order chi connectivity index (χ1) is 14.8. The summed E-state index contributed by atoms with van der Waals surface area (Å²) in [4.78, 5) is -0.900. The molecule has 3 rings (SSSR count). The lowest BCUT2D eigenvalue weighted by atomic mass is 10.1. The predicted molar refractivity (Wildman–Crippen MR) is 118 cm³/mol. The van der Waals surface area contributed by atoms with Gasteiger partial charge >= 0.3 is 0 Å². The quantitative estimate of drug-likeness (QED) is 0.327. The molecule has 0 heterocycles. The molecule has 4 unspecified atom stereocenters. The molecule has 2 aromatic rings. The van der Waals surface area contributed by atoms with Crippen molar-refractivity contribution < 1.29 is 31.0 Å². The maximum absolute atomic E-state index is 11.5. The minimum atomic E-state index is -4.61. The first-order valence-electron chi connectivity index (χ1n) is 9.17. The third kappa shape index (κ3) is 5.57. The van der Waals surface area contributed by atoms with E-state index in [4.69, 9.17) is 27.8 Å². The van der Waals surface area contributed by atoms with Crippen molar-refractivity contribution in [2.75, 3.05) is 5.32 Å². The number of anilines is 1. The Balaban J connectivity index is 1.82. The van der Waals surface area contributed by atoms with Crippen LogP contribution in [0.2, 0.25) is 10.0 Å². The van der Waals surface area contributed by atoms with Crippen LogP contribution in [0.25, 0.3) is 0 Å². The van der Waals surface area contributed by atoms with E-state index in [0.29, 0.717) is 6.42 Å². The number of hydrogen-bond donors (Lipinski definition) is 4. The van der Waals surface area contributed by atoms with Crippen molar-refractivity contribution in [3.8, 4) is 0 Å². The molecule has 14 heteroatoms. The standard InChI is InChI=1S/C18H19Cl2N3O7S2/c1-9-5-14(21-13-6-10(19)7-15(16(13)20)32(28,29)30)18(24)17(9)23-22-11-3-2-4-12(8-11)31(25,26)27/h2-4,6-9,14,17-18,21,24H,5H2,1H3,(H,25,26,27)(H,28,29,30). The van der Waals surface area contributed by atoms with Crippen LogP contribution in [-0.2, 0) is 20.2 Å². The zero-order chi connectivity index (χ0) is 23.8. The fourth-order valence-corrected chi connectivity index (χ4v) is 5.35. The fraction of sp³-hybridized carbons (Fsp3) is 0.333. The lowest BCUT2D eigenvalue weighted by Crippen LogP contribution is -2.34. The average Bonchev–Trinajstić information content (AvgIpc) is 2.94. The Bertz CT molecular complexity index is 1270. The van der Waals surface area contributed by atoms with E-state index in [1.54, 1.807) is 0 Å². The summed E-state index contributed by atoms with van der Waals surface area (Å²) in [5, 5.41) is 21.5. The van der Waals surface area contributed by atoms with Crippen molar-refractivity contribution in [1.29, 1.82) is 0 Å². The highest BCUT2D eigenvalue weighted by Gasteiger charge is 2.41. The molecule has 0 radical (unpaired) electrons. The second-order valence-electron chi connectivity index (χ2n) is 7.37. The van der Waals surface area contributed by atoms with Gasteiger partial charge in [-0.2, -0.15) is 27.1 Å². The minimum absolute atomic E-state index is 0.0139. The Hall–Kier alpha value is -1.80. The number of hydrogen-bond acceptors (Lipinski definition) is 8. The monoisotopic (exact) mass is 523 g/mol. The first kappa shape index (κ1) is 24.8. The molecule has 4 N–H and O–H groups in total. The van der Waals surface area contributed by atoms with Gasteiger partial charge in [0, 0.05) is 5.02 Å². The average molecular weight is 524 g/mol. The summed E-state index contributed by atoms with van der Waals surface area (Å²) in [7, 11) is -9.01. The van der Waals surface area contributed by atoms with E-state index in [-0.39, 0.29) is 32.2 Å². The molecule has 4 atom stereocenters. The van der Waals surface area contributed by atoms with Crippen molar-refractivity contribution in [2.24, 2.45) is 16.1 Å². The summed E-state index contributed by atoms with van der Waals surface area (Å²) < 4.78 is 64.1. The molecule has 1 fully saturated rings. The number of rotatable bonds is 6. The molecular weight excluding hydrogens is 505 g/mol. The Morgan fingerprint density at radius 1 is 1.06 bits per heavy atom. The molecule has 174 valence electrons. The molecule has 0 bridgehead atoms. The van der Waals surface area contributed by atoms with Gasteiger partial charge in [0.15, 0.2) is 0 Å². The Kier molecular flexibility index (Phi) is 7.15. The summed E-state index contributed by atoms with van der Waals surface area (Å²) in [5.74, 6) is -0.157. The predicted octanol–water partition coefficient (Wildman–Crippen LogP) is 3.82. The number of nitrogens with one attached hydrogen (secondary N) is 1. The van der Waals surface area contributed by atoms with Gasteiger partial charge < -0.3 is 10.4 Å². The largest absolute Gasteiger partial charge is 0.389 e. The van der Waals surface area contributed by atoms with Crippen LogP contribution >= 0.6 is 23.2 Å². The Labute approximate surface area is 194 Å². The van der Waals surface area contributed by atoms with E-state index in [0.717, 1.165) is 12.1 Å².